The first kappa shape index (κ1) is 17.5. The Kier molecular flexibility index (Phi) is 5.78. The molecule has 2 aromatic carbocycles. The van der Waals surface area contributed by atoms with Crippen LogP contribution in [0.15, 0.2) is 35.3 Å². The summed E-state index contributed by atoms with van der Waals surface area (Å²) in [5.74, 6) is -0.225. The lowest BCUT2D eigenvalue weighted by atomic mass is 9.98. The molecule has 23 heavy (non-hydrogen) atoms. The van der Waals surface area contributed by atoms with E-state index in [1.807, 2.05) is 37.9 Å². The van der Waals surface area contributed by atoms with Gasteiger partial charge < -0.3 is 4.90 Å². The second-order valence-electron chi connectivity index (χ2n) is 5.82. The molecule has 0 saturated carbocycles. The molecular formula is C19H22ClFN2. The number of aryl methyl sites for hydroxylation is 2. The number of nitrogens with zero attached hydrogens (tertiary/aromatic N) is 2. The van der Waals surface area contributed by atoms with E-state index in [-0.39, 0.29) is 5.82 Å². The van der Waals surface area contributed by atoms with Crippen molar-refractivity contribution in [3.8, 4) is 0 Å². The fourth-order valence-corrected chi connectivity index (χ4v) is 2.55. The van der Waals surface area contributed by atoms with Crippen LogP contribution in [0.3, 0.4) is 0 Å². The van der Waals surface area contributed by atoms with Crippen LogP contribution in [0.4, 0.5) is 10.1 Å². The molecule has 0 fully saturated rings. The van der Waals surface area contributed by atoms with Crippen molar-refractivity contribution >= 4 is 23.6 Å². The van der Waals surface area contributed by atoms with E-state index in [4.69, 9.17) is 11.6 Å². The maximum atomic E-state index is 13.5. The van der Waals surface area contributed by atoms with E-state index >= 15 is 0 Å². The Labute approximate surface area is 142 Å². The average molecular weight is 333 g/mol. The van der Waals surface area contributed by atoms with E-state index in [2.05, 4.69) is 11.9 Å². The minimum atomic E-state index is -0.225. The Balaban J connectivity index is 2.37. The van der Waals surface area contributed by atoms with Crippen molar-refractivity contribution in [3.63, 3.8) is 0 Å². The molecule has 0 aliphatic carbocycles. The highest BCUT2D eigenvalue weighted by Gasteiger charge is 2.10. The molecule has 4 heteroatoms. The molecule has 0 spiro atoms. The standard InChI is InChI=1S/C19H22ClFN2/c1-5-23(4)12-22-18-9-13(2)8-16(19(18)20)10-15-11-17(21)7-6-14(15)3/h6-9,11-12H,5,10H2,1-4H3/b22-12-. The molecule has 2 nitrogen and oxygen atoms in total. The SMILES string of the molecule is CCN(C)/C=N\c1cc(C)cc(Cc2cc(F)ccc2C)c1Cl. The Morgan fingerprint density at radius 3 is 2.61 bits per heavy atom. The Bertz CT molecular complexity index is 726. The van der Waals surface area contributed by atoms with Gasteiger partial charge in [-0.2, -0.15) is 0 Å². The molecule has 0 N–H and O–H groups in total. The molecule has 0 unspecified atom stereocenters. The summed E-state index contributed by atoms with van der Waals surface area (Å²) in [6.45, 7) is 6.93. The van der Waals surface area contributed by atoms with Crippen molar-refractivity contribution < 1.29 is 4.39 Å². The smallest absolute Gasteiger partial charge is 0.123 e. The van der Waals surface area contributed by atoms with E-state index in [9.17, 15) is 4.39 Å². The maximum Gasteiger partial charge on any atom is 0.123 e. The van der Waals surface area contributed by atoms with Gasteiger partial charge in [0.05, 0.1) is 17.0 Å². The zero-order chi connectivity index (χ0) is 17.0. The average Bonchev–Trinajstić information content (AvgIpc) is 2.52. The van der Waals surface area contributed by atoms with Gasteiger partial charge in [0.15, 0.2) is 0 Å². The van der Waals surface area contributed by atoms with E-state index in [1.165, 1.54) is 6.07 Å². The molecule has 0 radical (unpaired) electrons. The van der Waals surface area contributed by atoms with E-state index in [0.29, 0.717) is 11.4 Å². The summed E-state index contributed by atoms with van der Waals surface area (Å²) in [6, 6.07) is 8.85. The third-order valence-corrected chi connectivity index (χ3v) is 4.29. The predicted molar refractivity (Wildman–Crippen MR) is 96.6 cm³/mol. The van der Waals surface area contributed by atoms with Gasteiger partial charge in [-0.15, -0.1) is 0 Å². The van der Waals surface area contributed by atoms with Gasteiger partial charge in [0, 0.05) is 13.6 Å². The molecule has 0 bridgehead atoms. The fraction of sp³-hybridized carbons (Fsp3) is 0.316. The van der Waals surface area contributed by atoms with Gasteiger partial charge in [0.1, 0.15) is 5.82 Å². The van der Waals surface area contributed by atoms with Crippen LogP contribution < -0.4 is 0 Å². The second kappa shape index (κ2) is 7.60. The summed E-state index contributed by atoms with van der Waals surface area (Å²) in [5, 5.41) is 0.625. The first-order valence-corrected chi connectivity index (χ1v) is 8.07. The monoisotopic (exact) mass is 332 g/mol. The molecule has 2 aromatic rings. The van der Waals surface area contributed by atoms with Crippen LogP contribution in [0, 0.1) is 19.7 Å². The highest BCUT2D eigenvalue weighted by atomic mass is 35.5. The Morgan fingerprint density at radius 2 is 1.91 bits per heavy atom. The fourth-order valence-electron chi connectivity index (χ4n) is 2.32. The molecule has 0 heterocycles. The lowest BCUT2D eigenvalue weighted by molar-refractivity contribution is 0.552. The number of hydrogen-bond acceptors (Lipinski definition) is 1. The molecule has 122 valence electrons. The summed E-state index contributed by atoms with van der Waals surface area (Å²) < 4.78 is 13.5. The van der Waals surface area contributed by atoms with E-state index in [0.717, 1.165) is 34.5 Å². The first-order chi connectivity index (χ1) is 10.9. The number of benzene rings is 2. The van der Waals surface area contributed by atoms with Crippen LogP contribution in [-0.2, 0) is 6.42 Å². The molecule has 0 atom stereocenters. The topological polar surface area (TPSA) is 15.6 Å². The molecule has 0 amide bonds. The van der Waals surface area contributed by atoms with E-state index in [1.54, 1.807) is 18.5 Å². The minimum absolute atomic E-state index is 0.225. The van der Waals surface area contributed by atoms with Gasteiger partial charge in [-0.05, 0) is 67.6 Å². The summed E-state index contributed by atoms with van der Waals surface area (Å²) in [5.41, 5.74) is 4.80. The number of rotatable bonds is 5. The zero-order valence-electron chi connectivity index (χ0n) is 14.0. The van der Waals surface area contributed by atoms with E-state index < -0.39 is 0 Å². The number of hydrogen-bond donors (Lipinski definition) is 0. The first-order valence-electron chi connectivity index (χ1n) is 7.69. The summed E-state index contributed by atoms with van der Waals surface area (Å²) in [7, 11) is 1.96. The third-order valence-electron chi connectivity index (χ3n) is 3.86. The van der Waals surface area contributed by atoms with Gasteiger partial charge in [0.25, 0.3) is 0 Å². The molecule has 0 aliphatic heterocycles. The quantitative estimate of drug-likeness (QED) is 0.536. The van der Waals surface area contributed by atoms with Crippen molar-refractivity contribution in [1.29, 1.82) is 0 Å². The molecular weight excluding hydrogens is 311 g/mol. The highest BCUT2D eigenvalue weighted by molar-refractivity contribution is 6.33. The molecule has 0 aliphatic rings. The van der Waals surface area contributed by atoms with Crippen molar-refractivity contribution in [2.45, 2.75) is 27.2 Å². The Hall–Kier alpha value is -1.87. The van der Waals surface area contributed by atoms with Gasteiger partial charge in [0.2, 0.25) is 0 Å². The zero-order valence-corrected chi connectivity index (χ0v) is 14.8. The van der Waals surface area contributed by atoms with Gasteiger partial charge in [-0.25, -0.2) is 9.38 Å². The van der Waals surface area contributed by atoms with Crippen molar-refractivity contribution in [2.24, 2.45) is 4.99 Å². The number of aliphatic imine (C=N–C) groups is 1. The van der Waals surface area contributed by atoms with Crippen LogP contribution in [0.1, 0.15) is 29.2 Å². The summed E-state index contributed by atoms with van der Waals surface area (Å²) >= 11 is 6.52. The minimum Gasteiger partial charge on any atom is -0.366 e. The largest absolute Gasteiger partial charge is 0.366 e. The van der Waals surface area contributed by atoms with Crippen LogP contribution in [0.25, 0.3) is 0 Å². The van der Waals surface area contributed by atoms with Gasteiger partial charge in [-0.3, -0.25) is 0 Å². The highest BCUT2D eigenvalue weighted by Crippen LogP contribution is 2.32. The summed E-state index contributed by atoms with van der Waals surface area (Å²) in [6.07, 6.45) is 2.37. The number of halogens is 2. The Morgan fingerprint density at radius 1 is 1.17 bits per heavy atom. The van der Waals surface area contributed by atoms with Gasteiger partial charge in [-0.1, -0.05) is 23.7 Å². The normalized spacial score (nSPS) is 11.2. The molecule has 0 aromatic heterocycles. The van der Waals surface area contributed by atoms with Crippen LogP contribution >= 0.6 is 11.6 Å². The third kappa shape index (κ3) is 4.55. The predicted octanol–water partition coefficient (Wildman–Crippen LogP) is 5.30. The van der Waals surface area contributed by atoms with Crippen LogP contribution in [0.5, 0.6) is 0 Å². The second-order valence-corrected chi connectivity index (χ2v) is 6.20. The maximum absolute atomic E-state index is 13.5. The lowest BCUT2D eigenvalue weighted by Gasteiger charge is -2.12. The van der Waals surface area contributed by atoms with Crippen molar-refractivity contribution in [3.05, 3.63) is 63.4 Å². The molecule has 2 rings (SSSR count). The summed E-state index contributed by atoms with van der Waals surface area (Å²) in [4.78, 5) is 6.46. The van der Waals surface area contributed by atoms with Crippen LogP contribution in [0.2, 0.25) is 5.02 Å². The van der Waals surface area contributed by atoms with Crippen LogP contribution in [-0.4, -0.2) is 24.8 Å². The molecule has 0 saturated heterocycles. The van der Waals surface area contributed by atoms with Crippen molar-refractivity contribution in [1.82, 2.24) is 4.90 Å². The van der Waals surface area contributed by atoms with Crippen molar-refractivity contribution in [2.75, 3.05) is 13.6 Å². The van der Waals surface area contributed by atoms with Gasteiger partial charge >= 0.3 is 0 Å². The lowest BCUT2D eigenvalue weighted by Crippen LogP contribution is -2.14.